The van der Waals surface area contributed by atoms with Crippen LogP contribution in [0.25, 0.3) is 16.8 Å². The molecule has 0 aliphatic carbocycles. The van der Waals surface area contributed by atoms with Gasteiger partial charge in [-0.3, -0.25) is 9.51 Å². The van der Waals surface area contributed by atoms with Gasteiger partial charge in [0.1, 0.15) is 18.2 Å². The van der Waals surface area contributed by atoms with Gasteiger partial charge < -0.3 is 13.9 Å². The van der Waals surface area contributed by atoms with E-state index in [2.05, 4.69) is 15.1 Å². The molecular formula is C30H25F3N4O4. The number of ether oxygens (including phenoxy) is 2. The van der Waals surface area contributed by atoms with Crippen LogP contribution < -0.4 is 15.2 Å². The first-order valence-corrected chi connectivity index (χ1v) is 13.0. The molecule has 0 amide bonds. The lowest BCUT2D eigenvalue weighted by atomic mass is 9.89. The molecule has 2 aromatic carbocycles. The van der Waals surface area contributed by atoms with E-state index >= 15 is 0 Å². The number of nitrogens with one attached hydrogen (secondary N) is 1. The van der Waals surface area contributed by atoms with Crippen LogP contribution in [0.2, 0.25) is 0 Å². The maximum absolute atomic E-state index is 14.2. The Bertz CT molecular complexity index is 1870. The molecule has 4 heterocycles. The number of hydrogen-bond acceptors (Lipinski definition) is 6. The number of allylic oxidation sites excluding steroid dienone is 1. The summed E-state index contributed by atoms with van der Waals surface area (Å²) in [7, 11) is 0. The van der Waals surface area contributed by atoms with Gasteiger partial charge in [-0.05, 0) is 59.4 Å². The molecule has 210 valence electrons. The van der Waals surface area contributed by atoms with Crippen LogP contribution >= 0.6 is 0 Å². The van der Waals surface area contributed by atoms with E-state index in [-0.39, 0.29) is 24.1 Å². The molecule has 0 spiro atoms. The molecule has 0 saturated carbocycles. The third-order valence-corrected chi connectivity index (χ3v) is 7.08. The maximum Gasteiger partial charge on any atom is 0.439 e. The molecule has 11 heteroatoms. The summed E-state index contributed by atoms with van der Waals surface area (Å²) in [5.74, 6) is -0.474. The number of alkyl halides is 2. The number of imidazole rings is 1. The Morgan fingerprint density at radius 2 is 1.95 bits per heavy atom. The number of halogens is 3. The standard InChI is InChI=1S/C30H25F3N4O4/c1-15(2)26-22(37-10-4-5-23(28(37)34-26)40-29(32)33)12-17-6-8-20-18(11-17)14-39-24-13-19(31)7-9-21(24)25(20)16(3)27-35-30(38)41-36-27/h4-11,13,15,29H,12,14H2,1-3H3,(H,35,36,38)/b25-16+. The van der Waals surface area contributed by atoms with Gasteiger partial charge in [0.2, 0.25) is 0 Å². The maximum atomic E-state index is 14.2. The smallest absolute Gasteiger partial charge is 0.439 e. The first-order valence-electron chi connectivity index (χ1n) is 13.0. The minimum atomic E-state index is -2.97. The molecule has 5 aromatic rings. The number of nitrogens with zero attached hydrogens (tertiary/aromatic N) is 3. The van der Waals surface area contributed by atoms with Crippen molar-refractivity contribution >= 4 is 16.8 Å². The summed E-state index contributed by atoms with van der Waals surface area (Å²) >= 11 is 0. The number of fused-ring (bicyclic) bond motifs is 3. The number of aromatic nitrogens is 4. The van der Waals surface area contributed by atoms with Crippen LogP contribution in [0.1, 0.15) is 66.2 Å². The largest absolute Gasteiger partial charge is 0.488 e. The molecule has 1 N–H and O–H groups in total. The average molecular weight is 563 g/mol. The predicted octanol–water partition coefficient (Wildman–Crippen LogP) is 6.34. The van der Waals surface area contributed by atoms with Crippen molar-refractivity contribution in [2.45, 2.75) is 46.3 Å². The molecule has 8 nitrogen and oxygen atoms in total. The van der Waals surface area contributed by atoms with Gasteiger partial charge >= 0.3 is 12.4 Å². The molecule has 0 unspecified atom stereocenters. The van der Waals surface area contributed by atoms with Crippen LogP contribution in [0.4, 0.5) is 13.2 Å². The Balaban J connectivity index is 1.47. The lowest BCUT2D eigenvalue weighted by Gasteiger charge is -2.15. The molecule has 6 rings (SSSR count). The predicted molar refractivity (Wildman–Crippen MR) is 145 cm³/mol. The fourth-order valence-corrected chi connectivity index (χ4v) is 5.29. The van der Waals surface area contributed by atoms with Crippen molar-refractivity contribution in [1.29, 1.82) is 0 Å². The van der Waals surface area contributed by atoms with E-state index in [1.54, 1.807) is 29.7 Å². The van der Waals surface area contributed by atoms with Crippen LogP contribution in [0, 0.1) is 5.82 Å². The van der Waals surface area contributed by atoms with E-state index in [1.165, 1.54) is 18.2 Å². The molecule has 0 bridgehead atoms. The van der Waals surface area contributed by atoms with E-state index < -0.39 is 18.2 Å². The van der Waals surface area contributed by atoms with Crippen LogP contribution in [0.15, 0.2) is 64.0 Å². The molecule has 41 heavy (non-hydrogen) atoms. The Kier molecular flexibility index (Phi) is 6.64. The summed E-state index contributed by atoms with van der Waals surface area (Å²) in [6, 6.07) is 13.4. The minimum absolute atomic E-state index is 0.00660. The van der Waals surface area contributed by atoms with E-state index in [4.69, 9.17) is 14.0 Å². The van der Waals surface area contributed by atoms with Crippen LogP contribution in [-0.4, -0.2) is 26.1 Å². The molecule has 0 fully saturated rings. The van der Waals surface area contributed by atoms with Gasteiger partial charge in [0.25, 0.3) is 0 Å². The van der Waals surface area contributed by atoms with Gasteiger partial charge in [-0.1, -0.05) is 37.2 Å². The van der Waals surface area contributed by atoms with E-state index in [9.17, 15) is 18.0 Å². The first kappa shape index (κ1) is 26.4. The monoisotopic (exact) mass is 562 g/mol. The summed E-state index contributed by atoms with van der Waals surface area (Å²) < 4.78 is 57.6. The second-order valence-corrected chi connectivity index (χ2v) is 10.1. The summed E-state index contributed by atoms with van der Waals surface area (Å²) in [5, 5.41) is 3.85. The average Bonchev–Trinajstić information content (AvgIpc) is 3.49. The second-order valence-electron chi connectivity index (χ2n) is 10.1. The van der Waals surface area contributed by atoms with Gasteiger partial charge in [0.05, 0.1) is 11.4 Å². The number of pyridine rings is 1. The van der Waals surface area contributed by atoms with Crippen molar-refractivity contribution < 1.29 is 27.2 Å². The Morgan fingerprint density at radius 1 is 1.15 bits per heavy atom. The van der Waals surface area contributed by atoms with Crippen LogP contribution in [0.3, 0.4) is 0 Å². The van der Waals surface area contributed by atoms with Gasteiger partial charge in [-0.2, -0.15) is 8.78 Å². The Labute approximate surface area is 232 Å². The molecule has 1 aliphatic heterocycles. The van der Waals surface area contributed by atoms with Crippen molar-refractivity contribution in [2.24, 2.45) is 0 Å². The summed E-state index contributed by atoms with van der Waals surface area (Å²) in [6.45, 7) is 2.99. The van der Waals surface area contributed by atoms with E-state index in [1.807, 2.05) is 32.0 Å². The second kappa shape index (κ2) is 10.3. The lowest BCUT2D eigenvalue weighted by Crippen LogP contribution is -2.05. The highest BCUT2D eigenvalue weighted by Gasteiger charge is 2.25. The molecule has 0 atom stereocenters. The number of rotatable bonds is 6. The molecule has 3 aromatic heterocycles. The number of hydrogen-bond donors (Lipinski definition) is 1. The zero-order chi connectivity index (χ0) is 28.8. The third-order valence-electron chi connectivity index (χ3n) is 7.08. The van der Waals surface area contributed by atoms with Crippen molar-refractivity contribution in [1.82, 2.24) is 19.5 Å². The molecule has 1 aliphatic rings. The number of benzene rings is 2. The Morgan fingerprint density at radius 3 is 2.68 bits per heavy atom. The number of aromatic amines is 1. The van der Waals surface area contributed by atoms with E-state index in [0.717, 1.165) is 33.7 Å². The SMILES string of the molecule is C/C(=C1/c2ccc(Cc3c(C(C)C)nc4c(OC(F)F)cccn34)cc2COc2cc(F)ccc21)c1noc(=O)[nH]1. The highest BCUT2D eigenvalue weighted by atomic mass is 19.3. The lowest BCUT2D eigenvalue weighted by molar-refractivity contribution is -0.0491. The quantitative estimate of drug-likeness (QED) is 0.260. The highest BCUT2D eigenvalue weighted by molar-refractivity contribution is 5.99. The summed E-state index contributed by atoms with van der Waals surface area (Å²) in [5.41, 5.74) is 6.53. The fourth-order valence-electron chi connectivity index (χ4n) is 5.29. The Hall–Kier alpha value is -4.80. The van der Waals surface area contributed by atoms with Gasteiger partial charge in [-0.15, -0.1) is 0 Å². The van der Waals surface area contributed by atoms with Gasteiger partial charge in [0, 0.05) is 29.8 Å². The fraction of sp³-hybridized carbons (Fsp3) is 0.233. The zero-order valence-electron chi connectivity index (χ0n) is 22.4. The molecule has 0 radical (unpaired) electrons. The van der Waals surface area contributed by atoms with Crippen molar-refractivity contribution in [3.05, 3.63) is 111 Å². The van der Waals surface area contributed by atoms with Crippen molar-refractivity contribution in [3.8, 4) is 11.5 Å². The zero-order valence-corrected chi connectivity index (χ0v) is 22.4. The normalized spacial score (nSPS) is 14.1. The van der Waals surface area contributed by atoms with E-state index in [0.29, 0.717) is 29.0 Å². The molecule has 0 saturated heterocycles. The van der Waals surface area contributed by atoms with Crippen molar-refractivity contribution in [3.63, 3.8) is 0 Å². The van der Waals surface area contributed by atoms with Gasteiger partial charge in [-0.25, -0.2) is 14.2 Å². The third kappa shape index (κ3) is 4.88. The summed E-state index contributed by atoms with van der Waals surface area (Å²) in [6.07, 6.45) is 2.23. The van der Waals surface area contributed by atoms with Crippen molar-refractivity contribution in [2.75, 3.05) is 0 Å². The summed E-state index contributed by atoms with van der Waals surface area (Å²) in [4.78, 5) is 18.9. The minimum Gasteiger partial charge on any atom is -0.488 e. The highest BCUT2D eigenvalue weighted by Crippen LogP contribution is 2.41. The van der Waals surface area contributed by atoms with Crippen LogP contribution in [0.5, 0.6) is 11.5 Å². The first-order chi connectivity index (χ1) is 19.7. The topological polar surface area (TPSA) is 94.7 Å². The van der Waals surface area contributed by atoms with Crippen LogP contribution in [-0.2, 0) is 13.0 Å². The number of H-pyrrole nitrogens is 1. The van der Waals surface area contributed by atoms with Gasteiger partial charge in [0.15, 0.2) is 17.2 Å². The molecular weight excluding hydrogens is 537 g/mol.